The van der Waals surface area contributed by atoms with Crippen molar-refractivity contribution in [1.29, 1.82) is 0 Å². The summed E-state index contributed by atoms with van der Waals surface area (Å²) in [5, 5.41) is 3.48. The normalized spacial score (nSPS) is 17.4. The average Bonchev–Trinajstić information content (AvgIpc) is 2.18. The minimum Gasteiger partial charge on any atom is -0.316 e. The second kappa shape index (κ2) is 7.05. The summed E-state index contributed by atoms with van der Waals surface area (Å²) in [6.45, 7) is 15.2. The van der Waals surface area contributed by atoms with Crippen LogP contribution in [0.1, 0.15) is 47.0 Å². The Morgan fingerprint density at radius 2 is 2.07 bits per heavy atom. The van der Waals surface area contributed by atoms with Crippen molar-refractivity contribution in [2.75, 3.05) is 13.1 Å². The number of hydrogen-bond donors (Lipinski definition) is 1. The van der Waals surface area contributed by atoms with Crippen LogP contribution in [0.5, 0.6) is 0 Å². The summed E-state index contributed by atoms with van der Waals surface area (Å²) in [6.07, 6.45) is 5.82. The fourth-order valence-electron chi connectivity index (χ4n) is 1.72. The standard InChI is InChI=1S/C13H27N/c1-6-9-14-11-13(5,8-3)10-12(4)7-2/h8,12,14H,3,6-7,9-11H2,1-2,4-5H3. The van der Waals surface area contributed by atoms with Crippen LogP contribution >= 0.6 is 0 Å². The lowest BCUT2D eigenvalue weighted by Crippen LogP contribution is -2.32. The van der Waals surface area contributed by atoms with E-state index >= 15 is 0 Å². The van der Waals surface area contributed by atoms with Gasteiger partial charge in [-0.15, -0.1) is 6.58 Å². The summed E-state index contributed by atoms with van der Waals surface area (Å²) in [4.78, 5) is 0. The summed E-state index contributed by atoms with van der Waals surface area (Å²) in [6, 6.07) is 0. The number of hydrogen-bond acceptors (Lipinski definition) is 1. The van der Waals surface area contributed by atoms with Crippen molar-refractivity contribution in [1.82, 2.24) is 5.32 Å². The van der Waals surface area contributed by atoms with Gasteiger partial charge in [0, 0.05) is 6.54 Å². The van der Waals surface area contributed by atoms with Gasteiger partial charge >= 0.3 is 0 Å². The van der Waals surface area contributed by atoms with Crippen molar-refractivity contribution in [3.63, 3.8) is 0 Å². The van der Waals surface area contributed by atoms with Gasteiger partial charge in [-0.2, -0.15) is 0 Å². The van der Waals surface area contributed by atoms with Gasteiger partial charge in [-0.25, -0.2) is 0 Å². The SMILES string of the molecule is C=CC(C)(CNCCC)CC(C)CC. The molecule has 2 atom stereocenters. The van der Waals surface area contributed by atoms with Gasteiger partial charge in [-0.05, 0) is 30.7 Å². The first-order valence-electron chi connectivity index (χ1n) is 5.92. The van der Waals surface area contributed by atoms with Crippen LogP contribution in [0.2, 0.25) is 0 Å². The third kappa shape index (κ3) is 5.43. The topological polar surface area (TPSA) is 12.0 Å². The molecule has 0 aromatic carbocycles. The Kier molecular flexibility index (Phi) is 6.90. The lowest BCUT2D eigenvalue weighted by Gasteiger charge is -2.29. The molecular weight excluding hydrogens is 170 g/mol. The fourth-order valence-corrected chi connectivity index (χ4v) is 1.72. The van der Waals surface area contributed by atoms with Gasteiger partial charge < -0.3 is 5.32 Å². The molecule has 0 amide bonds. The predicted molar refractivity (Wildman–Crippen MR) is 65.5 cm³/mol. The molecule has 0 aromatic rings. The third-order valence-electron chi connectivity index (χ3n) is 2.96. The van der Waals surface area contributed by atoms with Crippen molar-refractivity contribution >= 4 is 0 Å². The van der Waals surface area contributed by atoms with Gasteiger partial charge in [0.25, 0.3) is 0 Å². The highest BCUT2D eigenvalue weighted by Gasteiger charge is 2.21. The van der Waals surface area contributed by atoms with Gasteiger partial charge in [0.15, 0.2) is 0 Å². The van der Waals surface area contributed by atoms with Crippen molar-refractivity contribution in [2.24, 2.45) is 11.3 Å². The Bertz CT molecular complexity index is 153. The minimum absolute atomic E-state index is 0.268. The summed E-state index contributed by atoms with van der Waals surface area (Å²) in [5.74, 6) is 0.793. The van der Waals surface area contributed by atoms with Gasteiger partial charge in [0.05, 0.1) is 0 Å². The Hall–Kier alpha value is -0.300. The van der Waals surface area contributed by atoms with E-state index in [0.29, 0.717) is 0 Å². The molecule has 1 N–H and O–H groups in total. The van der Waals surface area contributed by atoms with E-state index in [0.717, 1.165) is 19.0 Å². The molecule has 0 saturated heterocycles. The second-order valence-corrected chi connectivity index (χ2v) is 4.75. The van der Waals surface area contributed by atoms with Crippen LogP contribution in [0, 0.1) is 11.3 Å². The largest absolute Gasteiger partial charge is 0.316 e. The lowest BCUT2D eigenvalue weighted by molar-refractivity contribution is 0.300. The fraction of sp³-hybridized carbons (Fsp3) is 0.846. The van der Waals surface area contributed by atoms with Crippen LogP contribution in [0.4, 0.5) is 0 Å². The highest BCUT2D eigenvalue weighted by molar-refractivity contribution is 4.93. The minimum atomic E-state index is 0.268. The van der Waals surface area contributed by atoms with Gasteiger partial charge in [-0.3, -0.25) is 0 Å². The Morgan fingerprint density at radius 1 is 1.43 bits per heavy atom. The maximum Gasteiger partial charge on any atom is 0.00398 e. The summed E-state index contributed by atoms with van der Waals surface area (Å²) in [5.41, 5.74) is 0.268. The Labute approximate surface area is 90.0 Å². The maximum atomic E-state index is 3.96. The Balaban J connectivity index is 3.97. The highest BCUT2D eigenvalue weighted by atomic mass is 14.9. The molecule has 1 nitrogen and oxygen atoms in total. The smallest absolute Gasteiger partial charge is 0.00398 e. The molecule has 0 aromatic heterocycles. The van der Waals surface area contributed by atoms with Crippen LogP contribution < -0.4 is 5.32 Å². The molecule has 2 unspecified atom stereocenters. The van der Waals surface area contributed by atoms with E-state index in [1.165, 1.54) is 19.3 Å². The van der Waals surface area contributed by atoms with Gasteiger partial charge in [-0.1, -0.05) is 40.2 Å². The number of rotatable bonds is 8. The van der Waals surface area contributed by atoms with E-state index < -0.39 is 0 Å². The summed E-state index contributed by atoms with van der Waals surface area (Å²) < 4.78 is 0. The summed E-state index contributed by atoms with van der Waals surface area (Å²) >= 11 is 0. The Morgan fingerprint density at radius 3 is 2.50 bits per heavy atom. The first-order valence-corrected chi connectivity index (χ1v) is 5.92. The predicted octanol–water partition coefficient (Wildman–Crippen LogP) is 3.61. The van der Waals surface area contributed by atoms with Crippen molar-refractivity contribution in [2.45, 2.75) is 47.0 Å². The average molecular weight is 197 g/mol. The van der Waals surface area contributed by atoms with Crippen LogP contribution in [0.15, 0.2) is 12.7 Å². The van der Waals surface area contributed by atoms with Crippen LogP contribution in [0.25, 0.3) is 0 Å². The van der Waals surface area contributed by atoms with Crippen LogP contribution in [-0.4, -0.2) is 13.1 Å². The zero-order chi connectivity index (χ0) is 11.0. The van der Waals surface area contributed by atoms with Crippen LogP contribution in [0.3, 0.4) is 0 Å². The van der Waals surface area contributed by atoms with Crippen molar-refractivity contribution in [3.8, 4) is 0 Å². The lowest BCUT2D eigenvalue weighted by atomic mass is 9.80. The molecule has 0 bridgehead atoms. The molecule has 0 rings (SSSR count). The number of nitrogens with one attached hydrogen (secondary N) is 1. The zero-order valence-corrected chi connectivity index (χ0v) is 10.4. The second-order valence-electron chi connectivity index (χ2n) is 4.75. The van der Waals surface area contributed by atoms with E-state index in [1.54, 1.807) is 0 Å². The van der Waals surface area contributed by atoms with Gasteiger partial charge in [0.2, 0.25) is 0 Å². The molecule has 1 heteroatoms. The quantitative estimate of drug-likeness (QED) is 0.463. The highest BCUT2D eigenvalue weighted by Crippen LogP contribution is 2.27. The van der Waals surface area contributed by atoms with Gasteiger partial charge in [0.1, 0.15) is 0 Å². The van der Waals surface area contributed by atoms with E-state index in [1.807, 2.05) is 0 Å². The van der Waals surface area contributed by atoms with Crippen LogP contribution in [-0.2, 0) is 0 Å². The van der Waals surface area contributed by atoms with E-state index in [4.69, 9.17) is 0 Å². The maximum absolute atomic E-state index is 3.96. The molecule has 0 radical (unpaired) electrons. The molecule has 0 heterocycles. The molecule has 0 fully saturated rings. The molecule has 14 heavy (non-hydrogen) atoms. The summed E-state index contributed by atoms with van der Waals surface area (Å²) in [7, 11) is 0. The van der Waals surface area contributed by atoms with Crippen molar-refractivity contribution in [3.05, 3.63) is 12.7 Å². The first kappa shape index (κ1) is 13.7. The molecule has 0 aliphatic heterocycles. The van der Waals surface area contributed by atoms with Crippen molar-refractivity contribution < 1.29 is 0 Å². The van der Waals surface area contributed by atoms with E-state index in [9.17, 15) is 0 Å². The molecule has 84 valence electrons. The molecule has 0 aliphatic rings. The van der Waals surface area contributed by atoms with E-state index in [2.05, 4.69) is 45.7 Å². The molecule has 0 aliphatic carbocycles. The molecular formula is C13H27N. The monoisotopic (exact) mass is 197 g/mol. The first-order chi connectivity index (χ1) is 6.58. The third-order valence-corrected chi connectivity index (χ3v) is 2.96. The molecule has 0 saturated carbocycles. The molecule has 0 spiro atoms. The van der Waals surface area contributed by atoms with E-state index in [-0.39, 0.29) is 5.41 Å². The zero-order valence-electron chi connectivity index (χ0n) is 10.4.